The molecule has 0 radical (unpaired) electrons. The maximum Gasteiger partial charge on any atom is 0.250 e. The summed E-state index contributed by atoms with van der Waals surface area (Å²) < 4.78 is 17.0. The highest BCUT2D eigenvalue weighted by atomic mass is 16.5. The van der Waals surface area contributed by atoms with E-state index in [9.17, 15) is 9.59 Å². The van der Waals surface area contributed by atoms with Gasteiger partial charge in [0.1, 0.15) is 17.1 Å². The number of hydrogen-bond acceptors (Lipinski definition) is 5. The summed E-state index contributed by atoms with van der Waals surface area (Å²) >= 11 is 0. The minimum atomic E-state index is -0.616. The summed E-state index contributed by atoms with van der Waals surface area (Å²) in [5.74, 6) is 0.347. The lowest BCUT2D eigenvalue weighted by molar-refractivity contribution is -0.111. The second kappa shape index (κ2) is 9.77. The van der Waals surface area contributed by atoms with Crippen molar-refractivity contribution in [1.82, 2.24) is 0 Å². The number of aryl methyl sites for hydroxylation is 1. The lowest BCUT2D eigenvalue weighted by Gasteiger charge is -2.14. The summed E-state index contributed by atoms with van der Waals surface area (Å²) in [6.07, 6.45) is 3.17. The summed E-state index contributed by atoms with van der Waals surface area (Å²) in [6, 6.07) is 16.3. The van der Waals surface area contributed by atoms with Gasteiger partial charge in [0.05, 0.1) is 31.7 Å². The lowest BCUT2D eigenvalue weighted by Crippen LogP contribution is -2.17. The van der Waals surface area contributed by atoms with Crippen LogP contribution in [0.4, 0.5) is 5.69 Å². The number of anilines is 1. The smallest absolute Gasteiger partial charge is 0.250 e. The van der Waals surface area contributed by atoms with E-state index in [0.717, 1.165) is 33.4 Å². The van der Waals surface area contributed by atoms with Crippen molar-refractivity contribution in [2.24, 2.45) is 5.73 Å². The summed E-state index contributed by atoms with van der Waals surface area (Å²) in [6.45, 7) is 3.74. The molecule has 3 N–H and O–H groups in total. The van der Waals surface area contributed by atoms with Gasteiger partial charge < -0.3 is 24.9 Å². The molecule has 0 fully saturated rings. The zero-order valence-electron chi connectivity index (χ0n) is 20.0. The number of benzene rings is 3. The van der Waals surface area contributed by atoms with E-state index < -0.39 is 11.8 Å². The fraction of sp³-hybridized carbons (Fsp3) is 0.143. The van der Waals surface area contributed by atoms with Gasteiger partial charge in [-0.3, -0.25) is 9.59 Å². The van der Waals surface area contributed by atoms with Gasteiger partial charge in [-0.05, 0) is 55.3 Å². The van der Waals surface area contributed by atoms with Gasteiger partial charge in [0.15, 0.2) is 0 Å². The number of amides is 2. The molecule has 4 rings (SSSR count). The normalized spacial score (nSPS) is 11.4. The van der Waals surface area contributed by atoms with Crippen molar-refractivity contribution in [2.75, 3.05) is 19.5 Å². The Bertz CT molecular complexity index is 1470. The number of furan rings is 1. The molecule has 0 spiro atoms. The van der Waals surface area contributed by atoms with Crippen molar-refractivity contribution < 1.29 is 23.5 Å². The van der Waals surface area contributed by atoms with Gasteiger partial charge in [-0.15, -0.1) is 0 Å². The molecule has 0 bridgehead atoms. The quantitative estimate of drug-likeness (QED) is 0.344. The summed E-state index contributed by atoms with van der Waals surface area (Å²) in [5, 5.41) is 3.63. The van der Waals surface area contributed by atoms with Gasteiger partial charge in [0, 0.05) is 28.2 Å². The molecule has 0 atom stereocenters. The fourth-order valence-corrected chi connectivity index (χ4v) is 4.14. The number of carbonyl (C=O) groups is 2. The van der Waals surface area contributed by atoms with Crippen LogP contribution in [0.1, 0.15) is 28.4 Å². The number of para-hydroxylation sites is 1. The first-order valence-electron chi connectivity index (χ1n) is 11.0. The van der Waals surface area contributed by atoms with E-state index >= 15 is 0 Å². The molecule has 178 valence electrons. The van der Waals surface area contributed by atoms with Crippen molar-refractivity contribution in [3.63, 3.8) is 0 Å². The molecule has 0 saturated carbocycles. The maximum atomic E-state index is 12.8. The molecule has 7 nitrogen and oxygen atoms in total. The Morgan fingerprint density at radius 3 is 2.49 bits per heavy atom. The molecule has 2 amide bonds. The molecule has 0 aliphatic carbocycles. The molecule has 0 aliphatic rings. The third-order valence-electron chi connectivity index (χ3n) is 5.85. The number of hydrogen-bond donors (Lipinski definition) is 2. The van der Waals surface area contributed by atoms with Crippen LogP contribution in [0.25, 0.3) is 27.7 Å². The Morgan fingerprint density at radius 2 is 1.77 bits per heavy atom. The third-order valence-corrected chi connectivity index (χ3v) is 5.85. The maximum absolute atomic E-state index is 12.8. The molecule has 1 heterocycles. The molecular formula is C28H26N2O5. The highest BCUT2D eigenvalue weighted by Crippen LogP contribution is 2.41. The molecule has 7 heteroatoms. The standard InChI is InChI=1S/C28H26N2O5/c1-16(12-25(31)30-24-11-6-5-10-20(24)28(29)32)21-14-22-23(18-8-7-9-19(13-18)33-3)15-35-27(22)17(2)26(21)34-4/h5-15H,1-4H3,(H2,29,32)(H,30,31)/b16-12+. The highest BCUT2D eigenvalue weighted by molar-refractivity contribution is 6.09. The number of fused-ring (bicyclic) bond motifs is 1. The van der Waals surface area contributed by atoms with Crippen LogP contribution in [0.3, 0.4) is 0 Å². The fourth-order valence-electron chi connectivity index (χ4n) is 4.14. The largest absolute Gasteiger partial charge is 0.497 e. The summed E-state index contributed by atoms with van der Waals surface area (Å²) in [7, 11) is 3.21. The molecule has 0 unspecified atom stereocenters. The Hall–Kier alpha value is -4.52. The Kier molecular flexibility index (Phi) is 6.59. The summed E-state index contributed by atoms with van der Waals surface area (Å²) in [5.41, 5.74) is 10.8. The summed E-state index contributed by atoms with van der Waals surface area (Å²) in [4.78, 5) is 24.5. The molecule has 0 saturated heterocycles. The second-order valence-corrected chi connectivity index (χ2v) is 8.07. The van der Waals surface area contributed by atoms with Gasteiger partial charge in [-0.1, -0.05) is 24.3 Å². The number of carbonyl (C=O) groups excluding carboxylic acids is 2. The van der Waals surface area contributed by atoms with Crippen molar-refractivity contribution in [3.05, 3.63) is 83.6 Å². The zero-order chi connectivity index (χ0) is 25.1. The average molecular weight is 471 g/mol. The van der Waals surface area contributed by atoms with E-state index in [1.807, 2.05) is 44.2 Å². The van der Waals surface area contributed by atoms with E-state index in [2.05, 4.69) is 5.32 Å². The van der Waals surface area contributed by atoms with Crippen LogP contribution in [0.15, 0.2) is 71.4 Å². The predicted octanol–water partition coefficient (Wildman–Crippen LogP) is 5.57. The minimum Gasteiger partial charge on any atom is -0.497 e. The van der Waals surface area contributed by atoms with Crippen LogP contribution in [0, 0.1) is 6.92 Å². The number of rotatable bonds is 7. The molecule has 3 aromatic carbocycles. The average Bonchev–Trinajstić information content (AvgIpc) is 3.28. The number of ether oxygens (including phenoxy) is 2. The first-order valence-corrected chi connectivity index (χ1v) is 11.0. The first-order chi connectivity index (χ1) is 16.8. The van der Waals surface area contributed by atoms with Crippen LogP contribution >= 0.6 is 0 Å². The van der Waals surface area contributed by atoms with E-state index in [1.165, 1.54) is 6.08 Å². The predicted molar refractivity (Wildman–Crippen MR) is 137 cm³/mol. The van der Waals surface area contributed by atoms with Gasteiger partial charge in [-0.2, -0.15) is 0 Å². The third kappa shape index (κ3) is 4.61. The SMILES string of the molecule is COc1cccc(-c2coc3c(C)c(OC)c(/C(C)=C/C(=O)Nc4ccccc4C(N)=O)cc23)c1. The number of allylic oxidation sites excluding steroid dienone is 1. The Morgan fingerprint density at radius 1 is 1.00 bits per heavy atom. The van der Waals surface area contributed by atoms with Crippen LogP contribution in [0.2, 0.25) is 0 Å². The molecular weight excluding hydrogens is 444 g/mol. The first kappa shape index (κ1) is 23.6. The Balaban J connectivity index is 1.77. The lowest BCUT2D eigenvalue weighted by atomic mass is 9.96. The molecule has 0 aliphatic heterocycles. The molecule has 1 aromatic heterocycles. The van der Waals surface area contributed by atoms with E-state index in [0.29, 0.717) is 22.6 Å². The van der Waals surface area contributed by atoms with Gasteiger partial charge >= 0.3 is 0 Å². The highest BCUT2D eigenvalue weighted by Gasteiger charge is 2.19. The van der Waals surface area contributed by atoms with Crippen LogP contribution in [-0.2, 0) is 4.79 Å². The Labute approximate surface area is 203 Å². The number of nitrogens with one attached hydrogen (secondary N) is 1. The van der Waals surface area contributed by atoms with Crippen molar-refractivity contribution in [1.29, 1.82) is 0 Å². The van der Waals surface area contributed by atoms with Gasteiger partial charge in [0.25, 0.3) is 5.91 Å². The van der Waals surface area contributed by atoms with E-state index in [1.54, 1.807) is 44.7 Å². The number of primary amides is 1. The van der Waals surface area contributed by atoms with Crippen molar-refractivity contribution >= 4 is 34.0 Å². The van der Waals surface area contributed by atoms with E-state index in [-0.39, 0.29) is 5.56 Å². The van der Waals surface area contributed by atoms with E-state index in [4.69, 9.17) is 19.6 Å². The van der Waals surface area contributed by atoms with Crippen LogP contribution in [-0.4, -0.2) is 26.0 Å². The van der Waals surface area contributed by atoms with Crippen molar-refractivity contribution in [3.8, 4) is 22.6 Å². The number of nitrogens with two attached hydrogens (primary N) is 1. The topological polar surface area (TPSA) is 104 Å². The molecule has 35 heavy (non-hydrogen) atoms. The van der Waals surface area contributed by atoms with Crippen LogP contribution < -0.4 is 20.5 Å². The van der Waals surface area contributed by atoms with Crippen molar-refractivity contribution in [2.45, 2.75) is 13.8 Å². The second-order valence-electron chi connectivity index (χ2n) is 8.07. The number of methoxy groups -OCH3 is 2. The minimum absolute atomic E-state index is 0.239. The van der Waals surface area contributed by atoms with Crippen LogP contribution in [0.5, 0.6) is 11.5 Å². The molecule has 4 aromatic rings. The van der Waals surface area contributed by atoms with Gasteiger partial charge in [0.2, 0.25) is 5.91 Å². The van der Waals surface area contributed by atoms with Gasteiger partial charge in [-0.25, -0.2) is 0 Å². The monoisotopic (exact) mass is 470 g/mol. The zero-order valence-corrected chi connectivity index (χ0v) is 20.0.